The lowest BCUT2D eigenvalue weighted by molar-refractivity contribution is -0.156. The van der Waals surface area contributed by atoms with Gasteiger partial charge in [-0.3, -0.25) is 14.4 Å². The van der Waals surface area contributed by atoms with Gasteiger partial charge in [-0.2, -0.15) is 0 Å². The van der Waals surface area contributed by atoms with Crippen LogP contribution in [0.3, 0.4) is 0 Å². The van der Waals surface area contributed by atoms with Crippen LogP contribution in [0.4, 0.5) is 0 Å². The molecule has 0 aromatic carbocycles. The summed E-state index contributed by atoms with van der Waals surface area (Å²) in [7, 11) is 0. The van der Waals surface area contributed by atoms with Crippen molar-refractivity contribution >= 4 is 17.9 Å². The molecular formula is C14H24O6. The van der Waals surface area contributed by atoms with Crippen molar-refractivity contribution in [2.24, 2.45) is 11.3 Å². The highest BCUT2D eigenvalue weighted by Gasteiger charge is 2.21. The second kappa shape index (κ2) is 8.55. The van der Waals surface area contributed by atoms with E-state index in [1.807, 2.05) is 20.8 Å². The molecule has 0 rings (SSSR count). The van der Waals surface area contributed by atoms with Gasteiger partial charge in [0.2, 0.25) is 0 Å². The molecule has 1 N–H and O–H groups in total. The van der Waals surface area contributed by atoms with Crippen molar-refractivity contribution in [1.82, 2.24) is 0 Å². The van der Waals surface area contributed by atoms with Crippen molar-refractivity contribution in [3.8, 4) is 0 Å². The number of esters is 2. The Morgan fingerprint density at radius 1 is 1.05 bits per heavy atom. The molecule has 0 fully saturated rings. The lowest BCUT2D eigenvalue weighted by Crippen LogP contribution is -2.22. The summed E-state index contributed by atoms with van der Waals surface area (Å²) in [6.07, 6.45) is 0.273. The van der Waals surface area contributed by atoms with Crippen molar-refractivity contribution < 1.29 is 29.0 Å². The Labute approximate surface area is 119 Å². The quantitative estimate of drug-likeness (QED) is 0.543. The Morgan fingerprint density at radius 2 is 1.60 bits per heavy atom. The summed E-state index contributed by atoms with van der Waals surface area (Å²) in [5.74, 6) is -2.19. The fraction of sp³-hybridized carbons (Fsp3) is 0.786. The summed E-state index contributed by atoms with van der Waals surface area (Å²) in [5, 5.41) is 8.38. The molecule has 6 heteroatoms. The first-order valence-corrected chi connectivity index (χ1v) is 6.66. The maximum absolute atomic E-state index is 11.6. The lowest BCUT2D eigenvalue weighted by atomic mass is 9.85. The Morgan fingerprint density at radius 3 is 2.10 bits per heavy atom. The molecule has 0 spiro atoms. The summed E-state index contributed by atoms with van der Waals surface area (Å²) >= 11 is 0. The van der Waals surface area contributed by atoms with Gasteiger partial charge in [0.1, 0.15) is 13.2 Å². The van der Waals surface area contributed by atoms with Crippen LogP contribution in [-0.4, -0.2) is 36.2 Å². The van der Waals surface area contributed by atoms with Gasteiger partial charge in [-0.05, 0) is 11.8 Å². The number of aliphatic carboxylic acids is 1. The summed E-state index contributed by atoms with van der Waals surface area (Å²) in [6.45, 7) is 7.87. The lowest BCUT2D eigenvalue weighted by Gasteiger charge is -2.22. The first-order chi connectivity index (χ1) is 9.11. The molecule has 0 saturated heterocycles. The van der Waals surface area contributed by atoms with E-state index in [2.05, 4.69) is 0 Å². The third kappa shape index (κ3) is 10.3. The molecule has 6 nitrogen and oxygen atoms in total. The summed E-state index contributed by atoms with van der Waals surface area (Å²) in [6, 6.07) is 0. The predicted molar refractivity (Wildman–Crippen MR) is 72.0 cm³/mol. The van der Waals surface area contributed by atoms with Gasteiger partial charge in [-0.25, -0.2) is 0 Å². The second-order valence-electron chi connectivity index (χ2n) is 5.95. The van der Waals surface area contributed by atoms with Crippen molar-refractivity contribution in [2.75, 3.05) is 13.2 Å². The standard InChI is InChI=1S/C14H24O6/c1-10(9-14(2,3)4)13(18)20-8-7-19-12(17)6-5-11(15)16/h10H,5-9H2,1-4H3,(H,15,16). The summed E-state index contributed by atoms with van der Waals surface area (Å²) in [5.41, 5.74) is 0.0434. The molecule has 0 aliphatic heterocycles. The van der Waals surface area contributed by atoms with E-state index in [4.69, 9.17) is 14.6 Å². The van der Waals surface area contributed by atoms with Crippen LogP contribution in [0.2, 0.25) is 0 Å². The van der Waals surface area contributed by atoms with Gasteiger partial charge >= 0.3 is 17.9 Å². The topological polar surface area (TPSA) is 89.9 Å². The molecule has 0 aromatic heterocycles. The van der Waals surface area contributed by atoms with Gasteiger partial charge in [-0.15, -0.1) is 0 Å². The Bertz CT molecular complexity index is 342. The molecule has 0 aliphatic rings. The monoisotopic (exact) mass is 288 g/mol. The van der Waals surface area contributed by atoms with Crippen LogP contribution in [0.15, 0.2) is 0 Å². The molecule has 0 radical (unpaired) electrons. The number of ether oxygens (including phenoxy) is 2. The molecule has 116 valence electrons. The SMILES string of the molecule is CC(CC(C)(C)C)C(=O)OCCOC(=O)CCC(=O)O. The molecule has 0 saturated carbocycles. The first kappa shape index (κ1) is 18.4. The third-order valence-electron chi connectivity index (χ3n) is 2.45. The highest BCUT2D eigenvalue weighted by atomic mass is 16.6. The minimum Gasteiger partial charge on any atom is -0.481 e. The second-order valence-corrected chi connectivity index (χ2v) is 5.95. The minimum atomic E-state index is -1.05. The predicted octanol–water partition coefficient (Wildman–Crippen LogP) is 2.01. The number of carboxylic acids is 1. The Kier molecular flexibility index (Phi) is 7.87. The van der Waals surface area contributed by atoms with Crippen LogP contribution >= 0.6 is 0 Å². The molecule has 1 unspecified atom stereocenters. The summed E-state index contributed by atoms with van der Waals surface area (Å²) in [4.78, 5) is 33.0. The van der Waals surface area contributed by atoms with Gasteiger partial charge in [0.05, 0.1) is 18.8 Å². The van der Waals surface area contributed by atoms with E-state index in [9.17, 15) is 14.4 Å². The molecule has 20 heavy (non-hydrogen) atoms. The highest BCUT2D eigenvalue weighted by Crippen LogP contribution is 2.24. The van der Waals surface area contributed by atoms with Gasteiger partial charge in [0, 0.05) is 0 Å². The number of carbonyl (C=O) groups excluding carboxylic acids is 2. The number of hydrogen-bond donors (Lipinski definition) is 1. The van der Waals surface area contributed by atoms with Crippen molar-refractivity contribution in [3.05, 3.63) is 0 Å². The number of hydrogen-bond acceptors (Lipinski definition) is 5. The Balaban J connectivity index is 3.76. The van der Waals surface area contributed by atoms with Crippen LogP contribution in [-0.2, 0) is 23.9 Å². The van der Waals surface area contributed by atoms with Gasteiger partial charge in [0.25, 0.3) is 0 Å². The molecular weight excluding hydrogens is 264 g/mol. The zero-order valence-corrected chi connectivity index (χ0v) is 12.6. The number of rotatable bonds is 8. The highest BCUT2D eigenvalue weighted by molar-refractivity contribution is 5.76. The van der Waals surface area contributed by atoms with Crippen molar-refractivity contribution in [2.45, 2.75) is 47.0 Å². The van der Waals surface area contributed by atoms with Crippen LogP contribution in [0.25, 0.3) is 0 Å². The molecule has 0 heterocycles. The fourth-order valence-electron chi connectivity index (χ4n) is 1.72. The van der Waals surface area contributed by atoms with E-state index < -0.39 is 11.9 Å². The van der Waals surface area contributed by atoms with Crippen molar-refractivity contribution in [1.29, 1.82) is 0 Å². The fourth-order valence-corrected chi connectivity index (χ4v) is 1.72. The van der Waals surface area contributed by atoms with Gasteiger partial charge in [-0.1, -0.05) is 27.7 Å². The van der Waals surface area contributed by atoms with E-state index in [-0.39, 0.29) is 43.4 Å². The average Bonchev–Trinajstić information content (AvgIpc) is 2.29. The molecule has 0 aliphatic carbocycles. The molecule has 1 atom stereocenters. The van der Waals surface area contributed by atoms with Gasteiger partial charge in [0.15, 0.2) is 0 Å². The molecule has 0 aromatic rings. The van der Waals surface area contributed by atoms with Crippen LogP contribution in [0.1, 0.15) is 47.0 Å². The van der Waals surface area contributed by atoms with Gasteiger partial charge < -0.3 is 14.6 Å². The molecule has 0 bridgehead atoms. The minimum absolute atomic E-state index is 0.00781. The third-order valence-corrected chi connectivity index (χ3v) is 2.45. The van der Waals surface area contributed by atoms with E-state index in [0.717, 1.165) is 0 Å². The molecule has 0 amide bonds. The number of carboxylic acid groups (broad SMARTS) is 1. The van der Waals surface area contributed by atoms with E-state index in [1.165, 1.54) is 0 Å². The largest absolute Gasteiger partial charge is 0.481 e. The van der Waals surface area contributed by atoms with E-state index in [1.54, 1.807) is 6.92 Å². The zero-order valence-electron chi connectivity index (χ0n) is 12.6. The van der Waals surface area contributed by atoms with Crippen LogP contribution < -0.4 is 0 Å². The van der Waals surface area contributed by atoms with Crippen molar-refractivity contribution in [3.63, 3.8) is 0 Å². The maximum Gasteiger partial charge on any atom is 0.308 e. The van der Waals surface area contributed by atoms with E-state index in [0.29, 0.717) is 6.42 Å². The first-order valence-electron chi connectivity index (χ1n) is 6.66. The summed E-state index contributed by atoms with van der Waals surface area (Å²) < 4.78 is 9.74. The zero-order chi connectivity index (χ0) is 15.8. The van der Waals surface area contributed by atoms with E-state index >= 15 is 0 Å². The number of carbonyl (C=O) groups is 3. The van der Waals surface area contributed by atoms with Crippen LogP contribution in [0, 0.1) is 11.3 Å². The van der Waals surface area contributed by atoms with Crippen LogP contribution in [0.5, 0.6) is 0 Å². The normalized spacial score (nSPS) is 12.6. The maximum atomic E-state index is 11.6. The Hall–Kier alpha value is -1.59. The average molecular weight is 288 g/mol. The smallest absolute Gasteiger partial charge is 0.308 e.